The first-order valence-electron chi connectivity index (χ1n) is 34.6. The standard InChI is InChI=1S/C92H68N10O4/c1-99(75-38-44-83(95-57-75)61-22-9-5-10-23-61)89(103)71-49-69(50-72(53-71)90(104)100(2)76-39-45-84(96-58-76)62-24-11-6-12-25-62)81-34-19-17-32-79(81)67-36-42-87(93-55-67)65-30-21-31-66(48-65)88-43-37-68(56-94-88)80-33-18-20-35-82(80)70-51-73(91(105)101(3)77-40-46-85(97-59-77)63-26-13-7-14-27-63)54-74(52-70)92(106)102(4)78-41-47-86(98-60-78)64-28-15-8-16-29-64/h5-60H,1-4H3. The molecule has 14 heteroatoms. The van der Waals surface area contributed by atoms with E-state index >= 15 is 0 Å². The third-order valence-electron chi connectivity index (χ3n) is 19.0. The van der Waals surface area contributed by atoms with Crippen LogP contribution in [0.4, 0.5) is 22.7 Å². The van der Waals surface area contributed by atoms with E-state index in [1.807, 2.05) is 298 Å². The van der Waals surface area contributed by atoms with Crippen molar-refractivity contribution in [3.63, 3.8) is 0 Å². The minimum Gasteiger partial charge on any atom is -0.310 e. The van der Waals surface area contributed by atoms with Crippen LogP contribution < -0.4 is 19.6 Å². The summed E-state index contributed by atoms with van der Waals surface area (Å²) in [5, 5.41) is 0. The van der Waals surface area contributed by atoms with Gasteiger partial charge < -0.3 is 19.6 Å². The second-order valence-electron chi connectivity index (χ2n) is 25.7. The number of carbonyl (C=O) groups excluding carboxylic acids is 4. The fourth-order valence-electron chi connectivity index (χ4n) is 13.0. The van der Waals surface area contributed by atoms with E-state index in [0.717, 1.165) is 101 Å². The Hall–Kier alpha value is -14.2. The largest absolute Gasteiger partial charge is 0.310 e. The van der Waals surface area contributed by atoms with E-state index in [0.29, 0.717) is 56.1 Å². The SMILES string of the molecule is CN(C(=O)c1cc(C(=O)N(C)c2ccc(-c3ccccc3)nc2)cc(-c2ccccc2-c2ccc(-c3cccc(-c4ccc(-c5ccccc5-c5cc(C(=O)N(C)c6ccc(-c7ccccc7)nc6)cc(C(=O)N(C)c6ccc(-c7ccccc7)nc6)c5)cn4)c3)nc2)c1)c1ccc(-c2ccccc2)nc1. The van der Waals surface area contributed by atoms with Crippen LogP contribution in [0, 0.1) is 0 Å². The zero-order valence-corrected chi connectivity index (χ0v) is 58.4. The van der Waals surface area contributed by atoms with Gasteiger partial charge in [-0.25, -0.2) is 0 Å². The zero-order chi connectivity index (χ0) is 72.6. The van der Waals surface area contributed by atoms with Crippen LogP contribution in [0.3, 0.4) is 0 Å². The van der Waals surface area contributed by atoms with Gasteiger partial charge in [-0.15, -0.1) is 0 Å². The quantitative estimate of drug-likeness (QED) is 0.0809. The third kappa shape index (κ3) is 14.4. The first-order valence-corrected chi connectivity index (χ1v) is 34.6. The molecule has 6 aromatic heterocycles. The van der Waals surface area contributed by atoms with Gasteiger partial charge in [-0.3, -0.25) is 49.1 Å². The van der Waals surface area contributed by atoms with Gasteiger partial charge in [0.25, 0.3) is 23.6 Å². The highest BCUT2D eigenvalue weighted by Gasteiger charge is 2.25. The van der Waals surface area contributed by atoms with Crippen molar-refractivity contribution < 1.29 is 19.2 Å². The Morgan fingerprint density at radius 3 is 0.670 bits per heavy atom. The summed E-state index contributed by atoms with van der Waals surface area (Å²) >= 11 is 0. The summed E-state index contributed by atoms with van der Waals surface area (Å²) in [5.41, 5.74) is 20.0. The molecule has 0 aliphatic heterocycles. The van der Waals surface area contributed by atoms with Crippen molar-refractivity contribution in [2.75, 3.05) is 47.8 Å². The molecule has 14 nitrogen and oxygen atoms in total. The predicted octanol–water partition coefficient (Wildman–Crippen LogP) is 19.8. The summed E-state index contributed by atoms with van der Waals surface area (Å²) < 4.78 is 0. The summed E-state index contributed by atoms with van der Waals surface area (Å²) in [6.07, 6.45) is 10.4. The van der Waals surface area contributed by atoms with Crippen LogP contribution in [0.25, 0.3) is 112 Å². The van der Waals surface area contributed by atoms with Gasteiger partial charge in [-0.1, -0.05) is 200 Å². The van der Waals surface area contributed by atoms with E-state index in [1.165, 1.54) is 0 Å². The fourth-order valence-corrected chi connectivity index (χ4v) is 13.0. The second kappa shape index (κ2) is 30.1. The molecule has 0 N–H and O–H groups in total. The predicted molar refractivity (Wildman–Crippen MR) is 424 cm³/mol. The molecule has 0 spiro atoms. The molecule has 6 heterocycles. The van der Waals surface area contributed by atoms with E-state index in [2.05, 4.69) is 6.07 Å². The highest BCUT2D eigenvalue weighted by Crippen LogP contribution is 2.39. The summed E-state index contributed by atoms with van der Waals surface area (Å²) in [6.45, 7) is 0. The number of hydrogen-bond acceptors (Lipinski definition) is 10. The number of hydrogen-bond donors (Lipinski definition) is 0. The van der Waals surface area contributed by atoms with Crippen LogP contribution in [-0.4, -0.2) is 81.7 Å². The number of nitrogens with zero attached hydrogens (tertiary/aromatic N) is 10. The van der Waals surface area contributed by atoms with Crippen LogP contribution in [0.1, 0.15) is 41.4 Å². The minimum absolute atomic E-state index is 0.311. The Morgan fingerprint density at radius 1 is 0.198 bits per heavy atom. The third-order valence-corrected chi connectivity index (χ3v) is 19.0. The molecule has 0 radical (unpaired) electrons. The van der Waals surface area contributed by atoms with Crippen molar-refractivity contribution in [3.05, 3.63) is 363 Å². The number of anilines is 4. The van der Waals surface area contributed by atoms with Gasteiger partial charge in [0.15, 0.2) is 0 Å². The van der Waals surface area contributed by atoms with Gasteiger partial charge >= 0.3 is 0 Å². The summed E-state index contributed by atoms with van der Waals surface area (Å²) in [7, 11) is 6.83. The fraction of sp³-hybridized carbons (Fsp3) is 0.0435. The molecule has 0 unspecified atom stereocenters. The summed E-state index contributed by atoms with van der Waals surface area (Å²) in [4.78, 5) is 94.3. The normalized spacial score (nSPS) is 11.0. The van der Waals surface area contributed by atoms with Gasteiger partial charge in [-0.05, 0) is 137 Å². The van der Waals surface area contributed by atoms with Crippen LogP contribution in [0.2, 0.25) is 0 Å². The molecule has 0 saturated carbocycles. The van der Waals surface area contributed by atoms with E-state index < -0.39 is 0 Å². The molecule has 106 heavy (non-hydrogen) atoms. The maximum atomic E-state index is 14.8. The van der Waals surface area contributed by atoms with Crippen molar-refractivity contribution >= 4 is 46.4 Å². The maximum Gasteiger partial charge on any atom is 0.258 e. The molecule has 9 aromatic carbocycles. The molecule has 15 aromatic rings. The topological polar surface area (TPSA) is 159 Å². The first kappa shape index (κ1) is 67.6. The molecule has 0 saturated heterocycles. The van der Waals surface area contributed by atoms with Gasteiger partial charge in [0, 0.05) is 107 Å². The van der Waals surface area contributed by atoms with Crippen molar-refractivity contribution in [1.82, 2.24) is 29.9 Å². The van der Waals surface area contributed by atoms with Crippen LogP contribution in [-0.2, 0) is 0 Å². The Labute approximate surface area is 614 Å². The van der Waals surface area contributed by atoms with Crippen LogP contribution >= 0.6 is 0 Å². The van der Waals surface area contributed by atoms with Crippen LogP contribution in [0.15, 0.2) is 340 Å². The van der Waals surface area contributed by atoms with E-state index in [4.69, 9.17) is 29.9 Å². The lowest BCUT2D eigenvalue weighted by molar-refractivity contribution is 0.0978. The molecule has 0 fully saturated rings. The van der Waals surface area contributed by atoms with Crippen molar-refractivity contribution in [2.45, 2.75) is 0 Å². The Morgan fingerprint density at radius 2 is 0.425 bits per heavy atom. The van der Waals surface area contributed by atoms with Crippen molar-refractivity contribution in [2.24, 2.45) is 0 Å². The summed E-state index contributed by atoms with van der Waals surface area (Å²) in [6, 6.07) is 97.1. The average Bonchev–Trinajstić information content (AvgIpc) is 0.782. The number of amides is 4. The van der Waals surface area contributed by atoms with E-state index in [1.54, 1.807) is 84.7 Å². The average molecular weight is 1380 g/mol. The number of pyridine rings is 6. The molecule has 15 rings (SSSR count). The number of benzene rings is 9. The smallest absolute Gasteiger partial charge is 0.258 e. The maximum absolute atomic E-state index is 14.8. The zero-order valence-electron chi connectivity index (χ0n) is 58.4. The summed E-state index contributed by atoms with van der Waals surface area (Å²) in [5.74, 6) is -1.30. The Kier molecular flexibility index (Phi) is 19.2. The first-order chi connectivity index (χ1) is 51.8. The molecule has 0 aliphatic rings. The number of carbonyl (C=O) groups is 4. The Bertz CT molecular complexity index is 5110. The van der Waals surface area contributed by atoms with E-state index in [9.17, 15) is 19.2 Å². The van der Waals surface area contributed by atoms with Gasteiger partial charge in [0.05, 0.1) is 81.7 Å². The molecular formula is C92H68N10O4. The molecule has 0 bridgehead atoms. The highest BCUT2D eigenvalue weighted by molar-refractivity contribution is 6.13. The molecule has 0 aliphatic carbocycles. The molecule has 4 amide bonds. The highest BCUT2D eigenvalue weighted by atomic mass is 16.2. The lowest BCUT2D eigenvalue weighted by atomic mass is 9.92. The molecule has 0 atom stereocenters. The second-order valence-corrected chi connectivity index (χ2v) is 25.7. The van der Waals surface area contributed by atoms with Crippen LogP contribution in [0.5, 0.6) is 0 Å². The van der Waals surface area contributed by atoms with Crippen molar-refractivity contribution in [3.8, 4) is 112 Å². The lowest BCUT2D eigenvalue weighted by Gasteiger charge is -2.21. The lowest BCUT2D eigenvalue weighted by Crippen LogP contribution is -2.29. The van der Waals surface area contributed by atoms with Crippen molar-refractivity contribution in [1.29, 1.82) is 0 Å². The van der Waals surface area contributed by atoms with Gasteiger partial charge in [0.2, 0.25) is 0 Å². The monoisotopic (exact) mass is 1380 g/mol. The molecule has 510 valence electrons. The number of rotatable bonds is 18. The van der Waals surface area contributed by atoms with Gasteiger partial charge in [-0.2, -0.15) is 0 Å². The van der Waals surface area contributed by atoms with Gasteiger partial charge in [0.1, 0.15) is 0 Å². The Balaban J connectivity index is 0.704. The molecular weight excluding hydrogens is 1310 g/mol. The van der Waals surface area contributed by atoms with E-state index in [-0.39, 0.29) is 23.6 Å². The minimum atomic E-state index is -0.324. The number of aromatic nitrogens is 6.